The number of hydrogen-bond acceptors (Lipinski definition) is 1. The van der Waals surface area contributed by atoms with E-state index in [2.05, 4.69) is 9.88 Å². The second-order valence-electron chi connectivity index (χ2n) is 4.20. The Morgan fingerprint density at radius 1 is 1.12 bits per heavy atom. The molecule has 4 nitrogen and oxygen atoms in total. The monoisotopic (exact) mass is 221 g/mol. The van der Waals surface area contributed by atoms with E-state index in [0.717, 1.165) is 32.5 Å². The lowest BCUT2D eigenvalue weighted by molar-refractivity contribution is 0.186. The molecule has 1 aliphatic rings. The van der Waals surface area contributed by atoms with Crippen molar-refractivity contribution in [1.29, 1.82) is 0 Å². The van der Waals surface area contributed by atoms with Crippen molar-refractivity contribution in [2.75, 3.05) is 19.6 Å². The topological polar surface area (TPSA) is 37.3 Å². The van der Waals surface area contributed by atoms with Gasteiger partial charge in [0.2, 0.25) is 0 Å². The van der Waals surface area contributed by atoms with Gasteiger partial charge in [-0.05, 0) is 31.4 Å². The van der Waals surface area contributed by atoms with E-state index >= 15 is 0 Å². The van der Waals surface area contributed by atoms with Gasteiger partial charge in [0, 0.05) is 38.6 Å². The number of urea groups is 1. The van der Waals surface area contributed by atoms with Crippen molar-refractivity contribution in [3.8, 4) is 0 Å². The second kappa shape index (κ2) is 5.58. The highest BCUT2D eigenvalue weighted by molar-refractivity contribution is 5.74. The molecule has 0 unspecified atom stereocenters. The van der Waals surface area contributed by atoms with Crippen LogP contribution in [0.3, 0.4) is 0 Å². The number of aromatic nitrogens is 1. The highest BCUT2D eigenvalue weighted by Gasteiger charge is 2.15. The van der Waals surface area contributed by atoms with E-state index in [9.17, 15) is 4.79 Å². The van der Waals surface area contributed by atoms with Gasteiger partial charge in [0.25, 0.3) is 0 Å². The molecule has 88 valence electrons. The predicted octanol–water partition coefficient (Wildman–Crippen LogP) is 1.68. The minimum Gasteiger partial charge on any atom is -0.353 e. The van der Waals surface area contributed by atoms with Crippen molar-refractivity contribution >= 4 is 6.03 Å². The van der Waals surface area contributed by atoms with Gasteiger partial charge in [0.05, 0.1) is 0 Å². The van der Waals surface area contributed by atoms with Crippen LogP contribution in [0.1, 0.15) is 19.3 Å². The van der Waals surface area contributed by atoms with Gasteiger partial charge < -0.3 is 14.8 Å². The van der Waals surface area contributed by atoms with E-state index in [1.807, 2.05) is 29.4 Å². The highest BCUT2D eigenvalue weighted by Crippen LogP contribution is 2.08. The number of amides is 2. The van der Waals surface area contributed by atoms with Crippen molar-refractivity contribution < 1.29 is 4.79 Å². The number of nitrogens with zero attached hydrogens (tertiary/aromatic N) is 2. The van der Waals surface area contributed by atoms with Crippen LogP contribution in [0, 0.1) is 0 Å². The summed E-state index contributed by atoms with van der Waals surface area (Å²) in [5, 5.41) is 2.96. The van der Waals surface area contributed by atoms with E-state index in [0.29, 0.717) is 6.54 Å². The van der Waals surface area contributed by atoms with Gasteiger partial charge >= 0.3 is 6.03 Å². The average molecular weight is 221 g/mol. The molecule has 2 heterocycles. The first-order valence-corrected chi connectivity index (χ1v) is 6.00. The van der Waals surface area contributed by atoms with Crippen LogP contribution < -0.4 is 5.32 Å². The molecule has 0 radical (unpaired) electrons. The molecule has 1 aromatic rings. The molecule has 0 saturated carbocycles. The van der Waals surface area contributed by atoms with Gasteiger partial charge in [0.15, 0.2) is 0 Å². The van der Waals surface area contributed by atoms with E-state index in [1.54, 1.807) is 0 Å². The standard InChI is InChI=1S/C12H19N3O/c16-12(15-9-2-1-3-10-15)13-6-11-14-7-4-5-8-14/h4-5,7-8H,1-3,6,9-11H2,(H,13,16). The Morgan fingerprint density at radius 3 is 2.50 bits per heavy atom. The number of carbonyl (C=O) groups excluding carboxylic acids is 1. The second-order valence-corrected chi connectivity index (χ2v) is 4.20. The summed E-state index contributed by atoms with van der Waals surface area (Å²) in [5.74, 6) is 0. The molecule has 1 fully saturated rings. The Kier molecular flexibility index (Phi) is 3.86. The third kappa shape index (κ3) is 3.02. The van der Waals surface area contributed by atoms with Crippen LogP contribution in [-0.4, -0.2) is 35.1 Å². The van der Waals surface area contributed by atoms with E-state index < -0.39 is 0 Å². The number of carbonyl (C=O) groups is 1. The summed E-state index contributed by atoms with van der Waals surface area (Å²) < 4.78 is 2.07. The molecule has 2 amide bonds. The zero-order chi connectivity index (χ0) is 11.2. The zero-order valence-electron chi connectivity index (χ0n) is 9.56. The minimum absolute atomic E-state index is 0.0897. The van der Waals surface area contributed by atoms with Gasteiger partial charge in [-0.3, -0.25) is 0 Å². The van der Waals surface area contributed by atoms with Gasteiger partial charge in [-0.2, -0.15) is 0 Å². The fraction of sp³-hybridized carbons (Fsp3) is 0.583. The summed E-state index contributed by atoms with van der Waals surface area (Å²) in [6, 6.07) is 4.07. The Balaban J connectivity index is 1.67. The number of nitrogens with one attached hydrogen (secondary N) is 1. The van der Waals surface area contributed by atoms with E-state index in [4.69, 9.17) is 0 Å². The summed E-state index contributed by atoms with van der Waals surface area (Å²) in [5.41, 5.74) is 0. The van der Waals surface area contributed by atoms with Crippen molar-refractivity contribution in [2.24, 2.45) is 0 Å². The summed E-state index contributed by atoms with van der Waals surface area (Å²) in [6.07, 6.45) is 7.56. The highest BCUT2D eigenvalue weighted by atomic mass is 16.2. The van der Waals surface area contributed by atoms with Crippen molar-refractivity contribution in [1.82, 2.24) is 14.8 Å². The number of piperidine rings is 1. The first-order chi connectivity index (χ1) is 7.86. The molecule has 0 aromatic carbocycles. The van der Waals surface area contributed by atoms with Crippen LogP contribution in [0.4, 0.5) is 4.79 Å². The summed E-state index contributed by atoms with van der Waals surface area (Å²) in [7, 11) is 0. The smallest absolute Gasteiger partial charge is 0.317 e. The zero-order valence-corrected chi connectivity index (χ0v) is 9.56. The van der Waals surface area contributed by atoms with Crippen LogP contribution in [0.2, 0.25) is 0 Å². The fourth-order valence-electron chi connectivity index (χ4n) is 2.02. The third-order valence-electron chi connectivity index (χ3n) is 2.96. The minimum atomic E-state index is 0.0897. The largest absolute Gasteiger partial charge is 0.353 e. The van der Waals surface area contributed by atoms with Crippen LogP contribution in [0.5, 0.6) is 0 Å². The van der Waals surface area contributed by atoms with Gasteiger partial charge in [-0.1, -0.05) is 0 Å². The van der Waals surface area contributed by atoms with Crippen LogP contribution >= 0.6 is 0 Å². The van der Waals surface area contributed by atoms with E-state index in [-0.39, 0.29) is 6.03 Å². The Bertz CT molecular complexity index is 315. The molecular formula is C12H19N3O. The van der Waals surface area contributed by atoms with Crippen LogP contribution in [0.25, 0.3) is 0 Å². The molecule has 0 atom stereocenters. The number of rotatable bonds is 3. The molecule has 0 spiro atoms. The number of likely N-dealkylation sites (tertiary alicyclic amines) is 1. The summed E-state index contributed by atoms with van der Waals surface area (Å²) >= 11 is 0. The first-order valence-electron chi connectivity index (χ1n) is 6.00. The molecule has 0 bridgehead atoms. The first kappa shape index (κ1) is 11.0. The molecule has 2 rings (SSSR count). The normalized spacial score (nSPS) is 16.1. The molecule has 0 aliphatic carbocycles. The van der Waals surface area contributed by atoms with Gasteiger partial charge in [0.1, 0.15) is 0 Å². The number of hydrogen-bond donors (Lipinski definition) is 1. The lowest BCUT2D eigenvalue weighted by Crippen LogP contribution is -2.43. The van der Waals surface area contributed by atoms with Crippen molar-refractivity contribution in [2.45, 2.75) is 25.8 Å². The SMILES string of the molecule is O=C(NCCn1cccc1)N1CCCCC1. The van der Waals surface area contributed by atoms with Crippen molar-refractivity contribution in [3.05, 3.63) is 24.5 Å². The Hall–Kier alpha value is -1.45. The van der Waals surface area contributed by atoms with Gasteiger partial charge in [-0.15, -0.1) is 0 Å². The van der Waals surface area contributed by atoms with Crippen molar-refractivity contribution in [3.63, 3.8) is 0 Å². The average Bonchev–Trinajstić information content (AvgIpc) is 2.83. The molecule has 1 aromatic heterocycles. The van der Waals surface area contributed by atoms with Crippen LogP contribution in [-0.2, 0) is 6.54 Å². The third-order valence-corrected chi connectivity index (χ3v) is 2.96. The molecule has 16 heavy (non-hydrogen) atoms. The summed E-state index contributed by atoms with van der Waals surface area (Å²) in [6.45, 7) is 3.36. The fourth-order valence-corrected chi connectivity index (χ4v) is 2.02. The van der Waals surface area contributed by atoms with Gasteiger partial charge in [-0.25, -0.2) is 4.79 Å². The quantitative estimate of drug-likeness (QED) is 0.828. The van der Waals surface area contributed by atoms with E-state index in [1.165, 1.54) is 6.42 Å². The maximum Gasteiger partial charge on any atom is 0.317 e. The summed E-state index contributed by atoms with van der Waals surface area (Å²) in [4.78, 5) is 13.6. The lowest BCUT2D eigenvalue weighted by atomic mass is 10.1. The Labute approximate surface area is 96.2 Å². The molecule has 4 heteroatoms. The maximum atomic E-state index is 11.7. The molecular weight excluding hydrogens is 202 g/mol. The molecule has 1 saturated heterocycles. The predicted molar refractivity (Wildman–Crippen MR) is 63.3 cm³/mol. The molecule has 1 N–H and O–H groups in total. The molecule has 1 aliphatic heterocycles. The maximum absolute atomic E-state index is 11.7. The van der Waals surface area contributed by atoms with Crippen LogP contribution in [0.15, 0.2) is 24.5 Å². The lowest BCUT2D eigenvalue weighted by Gasteiger charge is -2.26. The Morgan fingerprint density at radius 2 is 1.81 bits per heavy atom.